The molecule has 5 nitrogen and oxygen atoms in total. The molecule has 1 aliphatic carbocycles. The lowest BCUT2D eigenvalue weighted by Crippen LogP contribution is -2.48. The normalized spacial score (nSPS) is 22.8. The minimum atomic E-state index is -1.03. The summed E-state index contributed by atoms with van der Waals surface area (Å²) in [6, 6.07) is 5.91. The van der Waals surface area contributed by atoms with Crippen molar-refractivity contribution in [3.8, 4) is 5.75 Å². The van der Waals surface area contributed by atoms with E-state index in [-0.39, 0.29) is 30.2 Å². The first-order valence-electron chi connectivity index (χ1n) is 9.98. The van der Waals surface area contributed by atoms with Crippen LogP contribution in [-0.4, -0.2) is 40.4 Å². The van der Waals surface area contributed by atoms with E-state index in [1.54, 1.807) is 0 Å². The van der Waals surface area contributed by atoms with Crippen LogP contribution in [0.5, 0.6) is 5.75 Å². The molecule has 0 aromatic heterocycles. The highest BCUT2D eigenvalue weighted by atomic mass is 32.2. The highest BCUT2D eigenvalue weighted by Crippen LogP contribution is 2.46. The van der Waals surface area contributed by atoms with E-state index in [1.165, 1.54) is 15.4 Å². The molecule has 2 amide bonds. The number of aliphatic hydroxyl groups excluding tert-OH is 1. The number of likely N-dealkylation sites (tertiary alicyclic amines) is 1. The molecule has 1 aromatic rings. The number of benzene rings is 1. The van der Waals surface area contributed by atoms with Crippen molar-refractivity contribution in [2.75, 3.05) is 12.3 Å². The fraction of sp³-hybridized carbons (Fsp3) is 0.619. The van der Waals surface area contributed by atoms with Gasteiger partial charge in [-0.2, -0.15) is 0 Å². The maximum atomic E-state index is 12.5. The molecule has 3 aliphatic rings. The number of hydrogen-bond acceptors (Lipinski definition) is 5. The van der Waals surface area contributed by atoms with Crippen LogP contribution >= 0.6 is 11.8 Å². The number of nitrogens with zero attached hydrogens (tertiary/aromatic N) is 1. The summed E-state index contributed by atoms with van der Waals surface area (Å²) in [4.78, 5) is 27.6. The molecule has 1 saturated carbocycles. The zero-order chi connectivity index (χ0) is 18.9. The van der Waals surface area contributed by atoms with Gasteiger partial charge in [-0.25, -0.2) is 0 Å². The van der Waals surface area contributed by atoms with Crippen molar-refractivity contribution in [3.05, 3.63) is 23.8 Å². The second-order valence-corrected chi connectivity index (χ2v) is 9.22. The number of ether oxygens (including phenoxy) is 1. The number of aryl methyl sites for hydroxylation is 1. The Labute approximate surface area is 164 Å². The average Bonchev–Trinajstić information content (AvgIpc) is 3.08. The Morgan fingerprint density at radius 3 is 2.63 bits per heavy atom. The quantitative estimate of drug-likeness (QED) is 0.616. The molecule has 1 unspecified atom stereocenters. The van der Waals surface area contributed by atoms with E-state index < -0.39 is 6.29 Å². The van der Waals surface area contributed by atoms with Gasteiger partial charge in [-0.1, -0.05) is 12.8 Å². The largest absolute Gasteiger partial charge is 0.465 e. The summed E-state index contributed by atoms with van der Waals surface area (Å²) in [5, 5.41) is 10.2. The summed E-state index contributed by atoms with van der Waals surface area (Å²) >= 11 is 1.85. The number of hydrogen-bond donors (Lipinski definition) is 1. The van der Waals surface area contributed by atoms with Crippen LogP contribution < -0.4 is 4.74 Å². The van der Waals surface area contributed by atoms with Crippen molar-refractivity contribution < 1.29 is 19.4 Å². The lowest BCUT2D eigenvalue weighted by Gasteiger charge is -2.37. The van der Waals surface area contributed by atoms with E-state index in [9.17, 15) is 14.7 Å². The molecule has 1 spiro atoms. The van der Waals surface area contributed by atoms with Gasteiger partial charge in [0.05, 0.1) is 0 Å². The third-order valence-corrected chi connectivity index (χ3v) is 7.27. The topological polar surface area (TPSA) is 66.8 Å². The van der Waals surface area contributed by atoms with E-state index in [2.05, 4.69) is 0 Å². The van der Waals surface area contributed by atoms with Gasteiger partial charge in [-0.05, 0) is 60.6 Å². The van der Waals surface area contributed by atoms with E-state index >= 15 is 0 Å². The lowest BCUT2D eigenvalue weighted by molar-refractivity contribution is -0.154. The lowest BCUT2D eigenvalue weighted by atomic mass is 9.76. The summed E-state index contributed by atoms with van der Waals surface area (Å²) < 4.78 is 5.63. The summed E-state index contributed by atoms with van der Waals surface area (Å²) in [6.45, 7) is 0.218. The molecule has 6 heteroatoms. The fourth-order valence-electron chi connectivity index (χ4n) is 4.63. The number of carbonyl (C=O) groups is 2. The Morgan fingerprint density at radius 2 is 1.89 bits per heavy atom. The van der Waals surface area contributed by atoms with E-state index in [0.29, 0.717) is 18.6 Å². The molecule has 0 bridgehead atoms. The molecule has 2 fully saturated rings. The Kier molecular flexibility index (Phi) is 5.46. The Balaban J connectivity index is 1.31. The molecular formula is C21H27NO4S. The maximum absolute atomic E-state index is 12.5. The van der Waals surface area contributed by atoms with Crippen molar-refractivity contribution >= 4 is 23.6 Å². The van der Waals surface area contributed by atoms with Gasteiger partial charge in [-0.15, -0.1) is 11.8 Å². The third-order valence-electron chi connectivity index (χ3n) is 6.07. The predicted molar refractivity (Wildman–Crippen MR) is 104 cm³/mol. The van der Waals surface area contributed by atoms with Crippen LogP contribution in [0.3, 0.4) is 0 Å². The SMILES string of the molecule is O=C1CC2(CCCC2)CC(=O)N1CCC(O)Oc1ccc2c(c1)CCCS2. The number of fused-ring (bicyclic) bond motifs is 1. The van der Waals surface area contributed by atoms with Gasteiger partial charge < -0.3 is 9.84 Å². The Morgan fingerprint density at radius 1 is 1.15 bits per heavy atom. The summed E-state index contributed by atoms with van der Waals surface area (Å²) in [6.07, 6.45) is 6.55. The molecular weight excluding hydrogens is 362 g/mol. The second kappa shape index (κ2) is 7.84. The Hall–Kier alpha value is -1.53. The van der Waals surface area contributed by atoms with Crippen LogP contribution in [0.15, 0.2) is 23.1 Å². The zero-order valence-electron chi connectivity index (χ0n) is 15.6. The molecule has 0 radical (unpaired) electrons. The fourth-order valence-corrected chi connectivity index (χ4v) is 5.65. The molecule has 27 heavy (non-hydrogen) atoms. The molecule has 1 N–H and O–H groups in total. The number of thioether (sulfide) groups is 1. The van der Waals surface area contributed by atoms with E-state index in [4.69, 9.17) is 4.74 Å². The molecule has 1 atom stereocenters. The number of imide groups is 1. The van der Waals surface area contributed by atoms with Gasteiger partial charge in [0.25, 0.3) is 0 Å². The molecule has 1 aromatic carbocycles. The minimum Gasteiger partial charge on any atom is -0.465 e. The summed E-state index contributed by atoms with van der Waals surface area (Å²) in [5.74, 6) is 1.61. The van der Waals surface area contributed by atoms with Crippen LogP contribution in [0, 0.1) is 5.41 Å². The van der Waals surface area contributed by atoms with Crippen LogP contribution in [-0.2, 0) is 16.0 Å². The molecule has 1 saturated heterocycles. The van der Waals surface area contributed by atoms with Crippen LogP contribution in [0.2, 0.25) is 0 Å². The van der Waals surface area contributed by atoms with Crippen molar-refractivity contribution in [2.24, 2.45) is 5.41 Å². The first-order chi connectivity index (χ1) is 13.0. The molecule has 146 valence electrons. The van der Waals surface area contributed by atoms with Gasteiger partial charge in [0.2, 0.25) is 11.8 Å². The highest BCUT2D eigenvalue weighted by Gasteiger charge is 2.44. The van der Waals surface area contributed by atoms with Gasteiger partial charge in [-0.3, -0.25) is 14.5 Å². The monoisotopic (exact) mass is 389 g/mol. The van der Waals surface area contributed by atoms with Crippen molar-refractivity contribution in [1.29, 1.82) is 0 Å². The number of amides is 2. The van der Waals surface area contributed by atoms with Gasteiger partial charge >= 0.3 is 0 Å². The third kappa shape index (κ3) is 4.16. The Bertz CT molecular complexity index is 709. The summed E-state index contributed by atoms with van der Waals surface area (Å²) in [5.41, 5.74) is 1.18. The van der Waals surface area contributed by atoms with Crippen molar-refractivity contribution in [1.82, 2.24) is 4.90 Å². The van der Waals surface area contributed by atoms with Crippen LogP contribution in [0.25, 0.3) is 0 Å². The number of rotatable bonds is 5. The second-order valence-electron chi connectivity index (χ2n) is 8.08. The zero-order valence-corrected chi connectivity index (χ0v) is 16.4. The predicted octanol–water partition coefficient (Wildman–Crippen LogP) is 3.52. The van der Waals surface area contributed by atoms with Gasteiger partial charge in [0.15, 0.2) is 6.29 Å². The van der Waals surface area contributed by atoms with E-state index in [1.807, 2.05) is 30.0 Å². The van der Waals surface area contributed by atoms with Gasteiger partial charge in [0.1, 0.15) is 5.75 Å². The van der Waals surface area contributed by atoms with Crippen LogP contribution in [0.1, 0.15) is 56.9 Å². The van der Waals surface area contributed by atoms with Crippen molar-refractivity contribution in [2.45, 2.75) is 69.0 Å². The minimum absolute atomic E-state index is 0.0824. The van der Waals surface area contributed by atoms with Gasteiger partial charge in [0, 0.05) is 30.7 Å². The number of piperidine rings is 1. The molecule has 2 aliphatic heterocycles. The number of carbonyl (C=O) groups excluding carboxylic acids is 2. The number of aliphatic hydroxyl groups is 1. The smallest absolute Gasteiger partial charge is 0.229 e. The summed E-state index contributed by atoms with van der Waals surface area (Å²) in [7, 11) is 0. The first-order valence-corrected chi connectivity index (χ1v) is 11.0. The highest BCUT2D eigenvalue weighted by molar-refractivity contribution is 7.99. The average molecular weight is 390 g/mol. The first kappa shape index (κ1) is 18.8. The molecule has 4 rings (SSSR count). The van der Waals surface area contributed by atoms with Crippen molar-refractivity contribution in [3.63, 3.8) is 0 Å². The van der Waals surface area contributed by atoms with Crippen LogP contribution in [0.4, 0.5) is 0 Å². The van der Waals surface area contributed by atoms with E-state index in [0.717, 1.165) is 44.3 Å². The molecule has 2 heterocycles. The standard InChI is InChI=1S/C21H27NO4S/c23-18-13-21(8-1-2-9-21)14-19(24)22(18)10-7-20(25)26-16-5-6-17-15(12-16)4-3-11-27-17/h5-6,12,20,25H,1-4,7-11,13-14H2. The maximum Gasteiger partial charge on any atom is 0.229 e.